The molecule has 7 heteroatoms. The van der Waals surface area contributed by atoms with Crippen LogP contribution < -0.4 is 10.0 Å². The van der Waals surface area contributed by atoms with E-state index in [9.17, 15) is 8.42 Å². The van der Waals surface area contributed by atoms with E-state index in [1.807, 2.05) is 35.7 Å². The summed E-state index contributed by atoms with van der Waals surface area (Å²) in [7, 11) is -3.26. The van der Waals surface area contributed by atoms with Crippen LogP contribution in [0, 0.1) is 0 Å². The number of nitrogens with one attached hydrogen (secondary N) is 2. The Labute approximate surface area is 151 Å². The van der Waals surface area contributed by atoms with Gasteiger partial charge in [0, 0.05) is 23.2 Å². The van der Waals surface area contributed by atoms with Gasteiger partial charge in [-0.05, 0) is 24.1 Å². The van der Waals surface area contributed by atoms with Crippen LogP contribution in [-0.4, -0.2) is 26.2 Å². The smallest absolute Gasteiger partial charge is 0.229 e. The predicted molar refractivity (Wildman–Crippen MR) is 105 cm³/mol. The monoisotopic (exact) mass is 373 g/mol. The van der Waals surface area contributed by atoms with Gasteiger partial charge in [-0.3, -0.25) is 4.72 Å². The lowest BCUT2D eigenvalue weighted by Crippen LogP contribution is -2.09. The van der Waals surface area contributed by atoms with Crippen LogP contribution in [0.2, 0.25) is 0 Å². The number of sulfonamides is 1. The van der Waals surface area contributed by atoms with Gasteiger partial charge in [0.05, 0.1) is 11.9 Å². The van der Waals surface area contributed by atoms with Gasteiger partial charge in [-0.2, -0.15) is 0 Å². The van der Waals surface area contributed by atoms with Crippen LogP contribution in [0.15, 0.2) is 60.0 Å². The van der Waals surface area contributed by atoms with Crippen molar-refractivity contribution in [1.29, 1.82) is 0 Å². The van der Waals surface area contributed by atoms with E-state index in [1.54, 1.807) is 23.5 Å². The summed E-state index contributed by atoms with van der Waals surface area (Å²) >= 11 is 1.56. The van der Waals surface area contributed by atoms with Crippen LogP contribution in [0.4, 0.5) is 10.8 Å². The lowest BCUT2D eigenvalue weighted by Gasteiger charge is -2.04. The van der Waals surface area contributed by atoms with Crippen LogP contribution in [-0.2, 0) is 16.4 Å². The molecule has 0 spiro atoms. The Morgan fingerprint density at radius 1 is 1.04 bits per heavy atom. The Balaban J connectivity index is 1.59. The Hall–Kier alpha value is -2.38. The Morgan fingerprint density at radius 3 is 2.44 bits per heavy atom. The fourth-order valence-electron chi connectivity index (χ4n) is 2.37. The topological polar surface area (TPSA) is 71.1 Å². The average molecular weight is 374 g/mol. The van der Waals surface area contributed by atoms with E-state index in [0.29, 0.717) is 5.69 Å². The summed E-state index contributed by atoms with van der Waals surface area (Å²) in [5, 5.41) is 6.21. The molecule has 1 aromatic heterocycles. The molecular formula is C18H19N3O2S2. The average Bonchev–Trinajstić information content (AvgIpc) is 3.04. The summed E-state index contributed by atoms with van der Waals surface area (Å²) in [6.07, 6.45) is 2.08. The number of thiazole rings is 1. The van der Waals surface area contributed by atoms with E-state index >= 15 is 0 Å². The molecule has 2 aromatic carbocycles. The maximum atomic E-state index is 11.2. The third-order valence-electron chi connectivity index (χ3n) is 3.52. The van der Waals surface area contributed by atoms with Crippen molar-refractivity contribution in [3.8, 4) is 11.3 Å². The molecule has 3 aromatic rings. The van der Waals surface area contributed by atoms with Gasteiger partial charge in [0.25, 0.3) is 0 Å². The molecule has 25 heavy (non-hydrogen) atoms. The van der Waals surface area contributed by atoms with Crippen molar-refractivity contribution in [3.05, 3.63) is 65.5 Å². The summed E-state index contributed by atoms with van der Waals surface area (Å²) in [6.45, 7) is 0.828. The second-order valence-electron chi connectivity index (χ2n) is 5.65. The molecule has 0 saturated heterocycles. The Kier molecular flexibility index (Phi) is 5.35. The zero-order chi connectivity index (χ0) is 17.7. The van der Waals surface area contributed by atoms with Crippen molar-refractivity contribution < 1.29 is 8.42 Å². The highest BCUT2D eigenvalue weighted by molar-refractivity contribution is 7.92. The summed E-state index contributed by atoms with van der Waals surface area (Å²) in [4.78, 5) is 4.58. The van der Waals surface area contributed by atoms with Gasteiger partial charge in [0.2, 0.25) is 10.0 Å². The third-order valence-corrected chi connectivity index (χ3v) is 4.93. The number of nitrogens with zero attached hydrogens (tertiary/aromatic N) is 1. The van der Waals surface area contributed by atoms with Crippen molar-refractivity contribution in [2.24, 2.45) is 0 Å². The van der Waals surface area contributed by atoms with Crippen molar-refractivity contribution in [1.82, 2.24) is 4.98 Å². The molecule has 0 amide bonds. The van der Waals surface area contributed by atoms with Gasteiger partial charge >= 0.3 is 0 Å². The van der Waals surface area contributed by atoms with Gasteiger partial charge in [0.1, 0.15) is 0 Å². The molecular weight excluding hydrogens is 354 g/mol. The number of rotatable bonds is 7. The zero-order valence-corrected chi connectivity index (χ0v) is 15.4. The molecule has 0 saturated carbocycles. The minimum Gasteiger partial charge on any atom is -0.361 e. The molecule has 2 N–H and O–H groups in total. The Morgan fingerprint density at radius 2 is 1.76 bits per heavy atom. The van der Waals surface area contributed by atoms with Gasteiger partial charge in [-0.25, -0.2) is 13.4 Å². The van der Waals surface area contributed by atoms with E-state index in [0.717, 1.165) is 35.6 Å². The second kappa shape index (κ2) is 7.67. The molecule has 0 unspecified atom stereocenters. The SMILES string of the molecule is CS(=O)(=O)Nc1ccc(-c2csc(NCCc3ccccc3)n2)cc1. The molecule has 0 radical (unpaired) electrons. The van der Waals surface area contributed by atoms with Crippen molar-refractivity contribution >= 4 is 32.2 Å². The van der Waals surface area contributed by atoms with Gasteiger partial charge < -0.3 is 5.32 Å². The van der Waals surface area contributed by atoms with Crippen molar-refractivity contribution in [3.63, 3.8) is 0 Å². The normalized spacial score (nSPS) is 11.2. The lowest BCUT2D eigenvalue weighted by molar-refractivity contribution is 0.607. The summed E-state index contributed by atoms with van der Waals surface area (Å²) in [5.41, 5.74) is 3.66. The minimum absolute atomic E-state index is 0.544. The zero-order valence-electron chi connectivity index (χ0n) is 13.8. The first-order valence-electron chi connectivity index (χ1n) is 7.81. The van der Waals surface area contributed by atoms with Crippen molar-refractivity contribution in [2.45, 2.75) is 6.42 Å². The van der Waals surface area contributed by atoms with Crippen LogP contribution >= 0.6 is 11.3 Å². The first kappa shape index (κ1) is 17.4. The van der Waals surface area contributed by atoms with E-state index < -0.39 is 10.0 Å². The predicted octanol–water partition coefficient (Wildman–Crippen LogP) is 3.84. The Bertz CT molecular complexity index is 920. The largest absolute Gasteiger partial charge is 0.361 e. The van der Waals surface area contributed by atoms with E-state index in [2.05, 4.69) is 27.2 Å². The molecule has 0 fully saturated rings. The van der Waals surface area contributed by atoms with Gasteiger partial charge in [-0.15, -0.1) is 11.3 Å². The minimum atomic E-state index is -3.26. The highest BCUT2D eigenvalue weighted by Crippen LogP contribution is 2.26. The molecule has 5 nitrogen and oxygen atoms in total. The quantitative estimate of drug-likeness (QED) is 0.660. The summed E-state index contributed by atoms with van der Waals surface area (Å²) < 4.78 is 24.9. The van der Waals surface area contributed by atoms with Crippen LogP contribution in [0.1, 0.15) is 5.56 Å². The van der Waals surface area contributed by atoms with E-state index in [1.165, 1.54) is 5.56 Å². The first-order valence-corrected chi connectivity index (χ1v) is 10.6. The number of benzene rings is 2. The molecule has 1 heterocycles. The number of aromatic nitrogens is 1. The van der Waals surface area contributed by atoms with Crippen LogP contribution in [0.5, 0.6) is 0 Å². The van der Waals surface area contributed by atoms with E-state index in [4.69, 9.17) is 0 Å². The fourth-order valence-corrected chi connectivity index (χ4v) is 3.68. The molecule has 0 atom stereocenters. The molecule has 0 aliphatic carbocycles. The van der Waals surface area contributed by atoms with Gasteiger partial charge in [-0.1, -0.05) is 42.5 Å². The fraction of sp³-hybridized carbons (Fsp3) is 0.167. The van der Waals surface area contributed by atoms with Crippen LogP contribution in [0.25, 0.3) is 11.3 Å². The lowest BCUT2D eigenvalue weighted by atomic mass is 10.1. The second-order valence-corrected chi connectivity index (χ2v) is 8.26. The molecule has 130 valence electrons. The summed E-state index contributed by atoms with van der Waals surface area (Å²) in [5.74, 6) is 0. The van der Waals surface area contributed by atoms with Crippen LogP contribution in [0.3, 0.4) is 0 Å². The number of hydrogen-bond donors (Lipinski definition) is 2. The van der Waals surface area contributed by atoms with E-state index in [-0.39, 0.29) is 0 Å². The standard InChI is InChI=1S/C18H19N3O2S2/c1-25(22,23)21-16-9-7-15(8-10-16)17-13-24-18(20-17)19-12-11-14-5-3-2-4-6-14/h2-10,13,21H,11-12H2,1H3,(H,19,20). The van der Waals surface area contributed by atoms with Gasteiger partial charge in [0.15, 0.2) is 5.13 Å². The van der Waals surface area contributed by atoms with Crippen molar-refractivity contribution in [2.75, 3.05) is 22.8 Å². The number of hydrogen-bond acceptors (Lipinski definition) is 5. The molecule has 3 rings (SSSR count). The maximum absolute atomic E-state index is 11.2. The summed E-state index contributed by atoms with van der Waals surface area (Å²) in [6, 6.07) is 17.5. The molecule has 0 aliphatic rings. The third kappa shape index (κ3) is 5.30. The molecule has 0 aliphatic heterocycles. The highest BCUT2D eigenvalue weighted by atomic mass is 32.2. The highest BCUT2D eigenvalue weighted by Gasteiger charge is 2.06. The first-order chi connectivity index (χ1) is 12.0. The molecule has 0 bridgehead atoms. The maximum Gasteiger partial charge on any atom is 0.229 e. The number of anilines is 2.